The topological polar surface area (TPSA) is 58.4 Å². The lowest BCUT2D eigenvalue weighted by molar-refractivity contribution is 0.136. The molecule has 1 N–H and O–H groups in total. The molecule has 1 aliphatic carbocycles. The molecule has 0 spiro atoms. The highest BCUT2D eigenvalue weighted by molar-refractivity contribution is 5.37. The van der Waals surface area contributed by atoms with E-state index in [1.807, 2.05) is 11.8 Å². The van der Waals surface area contributed by atoms with E-state index in [9.17, 15) is 9.90 Å². The normalized spacial score (nSPS) is 25.4. The van der Waals surface area contributed by atoms with Crippen LogP contribution in [0.1, 0.15) is 32.2 Å². The molecule has 1 aromatic rings. The van der Waals surface area contributed by atoms with Gasteiger partial charge in [0.05, 0.1) is 6.10 Å². The summed E-state index contributed by atoms with van der Waals surface area (Å²) in [6, 6.07) is 0.384. The molecule has 1 saturated carbocycles. The van der Waals surface area contributed by atoms with Crippen LogP contribution in [-0.2, 0) is 0 Å². The summed E-state index contributed by atoms with van der Waals surface area (Å²) < 4.78 is 1.80. The van der Waals surface area contributed by atoms with Crippen molar-refractivity contribution in [1.82, 2.24) is 9.55 Å². The molecule has 2 heterocycles. The van der Waals surface area contributed by atoms with Gasteiger partial charge in [0.25, 0.3) is 5.56 Å². The van der Waals surface area contributed by atoms with E-state index in [0.717, 1.165) is 32.4 Å². The largest absolute Gasteiger partial charge is 0.393 e. The fourth-order valence-electron chi connectivity index (χ4n) is 2.64. The summed E-state index contributed by atoms with van der Waals surface area (Å²) in [5.74, 6) is 0.799. The van der Waals surface area contributed by atoms with Crippen LogP contribution in [-0.4, -0.2) is 33.9 Å². The molecule has 0 amide bonds. The van der Waals surface area contributed by atoms with Crippen LogP contribution >= 0.6 is 0 Å². The maximum absolute atomic E-state index is 12.3. The quantitative estimate of drug-likeness (QED) is 0.860. The van der Waals surface area contributed by atoms with Gasteiger partial charge < -0.3 is 14.6 Å². The van der Waals surface area contributed by atoms with Gasteiger partial charge in [-0.2, -0.15) is 0 Å². The molecule has 2 unspecified atom stereocenters. The summed E-state index contributed by atoms with van der Waals surface area (Å²) in [6.45, 7) is 3.36. The van der Waals surface area contributed by atoms with Crippen molar-refractivity contribution in [3.8, 4) is 0 Å². The lowest BCUT2D eigenvalue weighted by atomic mass is 10.0. The maximum atomic E-state index is 12.3. The fourth-order valence-corrected chi connectivity index (χ4v) is 2.64. The molecule has 98 valence electrons. The van der Waals surface area contributed by atoms with E-state index < -0.39 is 0 Å². The van der Waals surface area contributed by atoms with Gasteiger partial charge in [-0.05, 0) is 26.2 Å². The van der Waals surface area contributed by atoms with Gasteiger partial charge >= 0.3 is 0 Å². The van der Waals surface area contributed by atoms with Gasteiger partial charge in [-0.1, -0.05) is 0 Å². The van der Waals surface area contributed by atoms with Gasteiger partial charge in [0.1, 0.15) is 0 Å². The minimum absolute atomic E-state index is 0.0197. The molecule has 5 heteroatoms. The zero-order valence-electron chi connectivity index (χ0n) is 10.6. The third kappa shape index (κ3) is 2.03. The molecule has 2 fully saturated rings. The molecule has 2 aliphatic rings. The average Bonchev–Trinajstić information content (AvgIpc) is 3.06. The van der Waals surface area contributed by atoms with E-state index >= 15 is 0 Å². The predicted octanol–water partition coefficient (Wildman–Crippen LogP) is 0.785. The number of anilines is 1. The molecule has 2 atom stereocenters. The first-order valence-corrected chi connectivity index (χ1v) is 6.67. The molecular weight excluding hydrogens is 230 g/mol. The Balaban J connectivity index is 1.85. The minimum Gasteiger partial charge on any atom is -0.393 e. The highest BCUT2D eigenvalue weighted by atomic mass is 16.3. The fraction of sp³-hybridized carbons (Fsp3) is 0.692. The predicted molar refractivity (Wildman–Crippen MR) is 68.8 cm³/mol. The molecule has 0 aromatic carbocycles. The molecule has 0 radical (unpaired) electrons. The van der Waals surface area contributed by atoms with Crippen LogP contribution in [0, 0.1) is 5.92 Å². The lowest BCUT2D eigenvalue weighted by Gasteiger charge is -2.18. The van der Waals surface area contributed by atoms with E-state index in [0.29, 0.717) is 11.9 Å². The van der Waals surface area contributed by atoms with Gasteiger partial charge in [-0.25, -0.2) is 4.98 Å². The van der Waals surface area contributed by atoms with Crippen molar-refractivity contribution >= 4 is 5.82 Å². The summed E-state index contributed by atoms with van der Waals surface area (Å²) >= 11 is 0. The SMILES string of the molecule is CC(O)C1CCN(c2nccn(C3CC3)c2=O)C1. The van der Waals surface area contributed by atoms with E-state index in [-0.39, 0.29) is 17.6 Å². The number of hydrogen-bond acceptors (Lipinski definition) is 4. The molecule has 5 nitrogen and oxygen atoms in total. The third-order valence-electron chi connectivity index (χ3n) is 4.00. The van der Waals surface area contributed by atoms with E-state index in [1.165, 1.54) is 0 Å². The second kappa shape index (κ2) is 4.39. The van der Waals surface area contributed by atoms with Crippen LogP contribution < -0.4 is 10.5 Å². The highest BCUT2D eigenvalue weighted by Crippen LogP contribution is 2.33. The number of aliphatic hydroxyl groups is 1. The van der Waals surface area contributed by atoms with Crippen molar-refractivity contribution in [2.75, 3.05) is 18.0 Å². The second-order valence-electron chi connectivity index (χ2n) is 5.43. The van der Waals surface area contributed by atoms with E-state index in [4.69, 9.17) is 0 Å². The number of hydrogen-bond donors (Lipinski definition) is 1. The zero-order chi connectivity index (χ0) is 12.7. The Bertz CT molecular complexity index is 493. The Kier molecular flexibility index (Phi) is 2.86. The van der Waals surface area contributed by atoms with Crippen LogP contribution in [0.25, 0.3) is 0 Å². The van der Waals surface area contributed by atoms with Gasteiger partial charge in [0.2, 0.25) is 0 Å². The summed E-state index contributed by atoms with van der Waals surface area (Å²) in [5, 5.41) is 9.61. The summed E-state index contributed by atoms with van der Waals surface area (Å²) in [7, 11) is 0. The first kappa shape index (κ1) is 11.7. The smallest absolute Gasteiger partial charge is 0.293 e. The Morgan fingerprint density at radius 2 is 2.22 bits per heavy atom. The Labute approximate surface area is 106 Å². The third-order valence-corrected chi connectivity index (χ3v) is 4.00. The van der Waals surface area contributed by atoms with Gasteiger partial charge in [-0.15, -0.1) is 0 Å². The average molecular weight is 249 g/mol. The summed E-state index contributed by atoms with van der Waals surface area (Å²) in [5.41, 5.74) is 0.0197. The number of aliphatic hydroxyl groups excluding tert-OH is 1. The summed E-state index contributed by atoms with van der Waals surface area (Å²) in [4.78, 5) is 18.6. The van der Waals surface area contributed by atoms with Gasteiger partial charge in [0.15, 0.2) is 5.82 Å². The van der Waals surface area contributed by atoms with E-state index in [2.05, 4.69) is 4.98 Å². The minimum atomic E-state index is -0.315. The van der Waals surface area contributed by atoms with Gasteiger partial charge in [0, 0.05) is 37.4 Å². The molecule has 3 rings (SSSR count). The van der Waals surface area contributed by atoms with Crippen molar-refractivity contribution < 1.29 is 5.11 Å². The Morgan fingerprint density at radius 1 is 1.44 bits per heavy atom. The Morgan fingerprint density at radius 3 is 2.83 bits per heavy atom. The molecule has 18 heavy (non-hydrogen) atoms. The first-order valence-electron chi connectivity index (χ1n) is 6.67. The summed E-state index contributed by atoms with van der Waals surface area (Å²) in [6.07, 6.45) is 6.30. The zero-order valence-corrected chi connectivity index (χ0v) is 10.6. The first-order chi connectivity index (χ1) is 8.66. The highest BCUT2D eigenvalue weighted by Gasteiger charge is 2.30. The second-order valence-corrected chi connectivity index (χ2v) is 5.43. The van der Waals surface area contributed by atoms with Crippen molar-refractivity contribution in [1.29, 1.82) is 0 Å². The van der Waals surface area contributed by atoms with E-state index in [1.54, 1.807) is 17.0 Å². The monoisotopic (exact) mass is 249 g/mol. The molecular formula is C13H19N3O2. The van der Waals surface area contributed by atoms with Crippen molar-refractivity contribution in [2.24, 2.45) is 5.92 Å². The number of nitrogens with zero attached hydrogens (tertiary/aromatic N) is 3. The standard InChI is InChI=1S/C13H19N3O2/c1-9(17)10-4-6-15(8-10)12-13(18)16(7-5-14-12)11-2-3-11/h5,7,9-11,17H,2-4,6,8H2,1H3. The molecule has 1 aromatic heterocycles. The van der Waals surface area contributed by atoms with Gasteiger partial charge in [-0.3, -0.25) is 4.79 Å². The van der Waals surface area contributed by atoms with Crippen LogP contribution in [0.4, 0.5) is 5.82 Å². The van der Waals surface area contributed by atoms with Crippen molar-refractivity contribution in [2.45, 2.75) is 38.3 Å². The van der Waals surface area contributed by atoms with Crippen LogP contribution in [0.5, 0.6) is 0 Å². The maximum Gasteiger partial charge on any atom is 0.293 e. The van der Waals surface area contributed by atoms with Crippen LogP contribution in [0.3, 0.4) is 0 Å². The molecule has 1 aliphatic heterocycles. The Hall–Kier alpha value is -1.36. The number of aromatic nitrogens is 2. The van der Waals surface area contributed by atoms with Crippen LogP contribution in [0.15, 0.2) is 17.2 Å². The molecule has 0 bridgehead atoms. The van der Waals surface area contributed by atoms with Crippen molar-refractivity contribution in [3.63, 3.8) is 0 Å². The molecule has 1 saturated heterocycles. The van der Waals surface area contributed by atoms with Crippen molar-refractivity contribution in [3.05, 3.63) is 22.7 Å². The lowest BCUT2D eigenvalue weighted by Crippen LogP contribution is -2.32. The van der Waals surface area contributed by atoms with Crippen LogP contribution in [0.2, 0.25) is 0 Å². The number of rotatable bonds is 3.